The molecule has 0 radical (unpaired) electrons. The van der Waals surface area contributed by atoms with Crippen molar-refractivity contribution in [3.63, 3.8) is 0 Å². The van der Waals surface area contributed by atoms with Crippen LogP contribution in [-0.4, -0.2) is 23.8 Å². The van der Waals surface area contributed by atoms with Gasteiger partial charge in [-0.2, -0.15) is 4.39 Å². The first kappa shape index (κ1) is 13.3. The largest absolute Gasteiger partial charge is 0.466 e. The van der Waals surface area contributed by atoms with Crippen molar-refractivity contribution in [3.05, 3.63) is 29.8 Å². The minimum atomic E-state index is -1.09. The lowest BCUT2D eigenvalue weighted by Gasteiger charge is -2.22. The zero-order valence-corrected chi connectivity index (χ0v) is 9.77. The van der Waals surface area contributed by atoms with Gasteiger partial charge in [0.15, 0.2) is 0 Å². The van der Waals surface area contributed by atoms with Gasteiger partial charge >= 0.3 is 5.97 Å². The van der Waals surface area contributed by atoms with Gasteiger partial charge in [-0.1, -0.05) is 0 Å². The molecular formula is C12H14FNO3. The van der Waals surface area contributed by atoms with Crippen LogP contribution in [0.25, 0.3) is 0 Å². The number of rotatable bonds is 5. The van der Waals surface area contributed by atoms with Crippen molar-refractivity contribution in [1.82, 2.24) is 4.98 Å². The van der Waals surface area contributed by atoms with E-state index in [2.05, 4.69) is 4.98 Å². The third-order valence-electron chi connectivity index (χ3n) is 2.46. The van der Waals surface area contributed by atoms with E-state index in [4.69, 9.17) is 4.74 Å². The minimum absolute atomic E-state index is 0.117. The van der Waals surface area contributed by atoms with Gasteiger partial charge in [0, 0.05) is 6.20 Å². The molecule has 0 aromatic carbocycles. The van der Waals surface area contributed by atoms with Crippen molar-refractivity contribution < 1.29 is 18.7 Å². The molecule has 0 saturated heterocycles. The van der Waals surface area contributed by atoms with E-state index in [-0.39, 0.29) is 13.0 Å². The lowest BCUT2D eigenvalue weighted by atomic mass is 9.81. The summed E-state index contributed by atoms with van der Waals surface area (Å²) in [4.78, 5) is 25.9. The number of halogens is 1. The Labute approximate surface area is 98.8 Å². The van der Waals surface area contributed by atoms with E-state index in [1.807, 2.05) is 0 Å². The molecule has 0 spiro atoms. The van der Waals surface area contributed by atoms with Crippen molar-refractivity contribution in [2.24, 2.45) is 0 Å². The molecule has 1 atom stereocenters. The Morgan fingerprint density at radius 1 is 1.65 bits per heavy atom. The smallest absolute Gasteiger partial charge is 0.307 e. The quantitative estimate of drug-likeness (QED) is 0.445. The molecular weight excluding hydrogens is 225 g/mol. The van der Waals surface area contributed by atoms with Crippen LogP contribution in [0.2, 0.25) is 0 Å². The maximum absolute atomic E-state index is 13.0. The SMILES string of the molecule is CCOC(=O)CC(C)(C=O)c1ccnc(F)c1. The Bertz CT molecular complexity index is 422. The summed E-state index contributed by atoms with van der Waals surface area (Å²) in [6.45, 7) is 3.49. The second-order valence-corrected chi connectivity index (χ2v) is 3.88. The molecule has 1 rings (SSSR count). The Morgan fingerprint density at radius 3 is 2.88 bits per heavy atom. The van der Waals surface area contributed by atoms with Crippen LogP contribution < -0.4 is 0 Å². The number of esters is 1. The Balaban J connectivity index is 2.95. The van der Waals surface area contributed by atoms with Gasteiger partial charge in [0.2, 0.25) is 5.95 Å². The van der Waals surface area contributed by atoms with Gasteiger partial charge in [0.05, 0.1) is 18.4 Å². The molecule has 1 heterocycles. The van der Waals surface area contributed by atoms with E-state index < -0.39 is 17.3 Å². The van der Waals surface area contributed by atoms with Gasteiger partial charge in [-0.25, -0.2) is 4.98 Å². The second-order valence-electron chi connectivity index (χ2n) is 3.88. The predicted octanol–water partition coefficient (Wildman–Crippen LogP) is 1.63. The van der Waals surface area contributed by atoms with Crippen LogP contribution in [0.4, 0.5) is 4.39 Å². The Kier molecular flexibility index (Phi) is 4.31. The molecule has 0 aliphatic rings. The van der Waals surface area contributed by atoms with Crippen molar-refractivity contribution in [1.29, 1.82) is 0 Å². The normalized spacial score (nSPS) is 13.8. The minimum Gasteiger partial charge on any atom is -0.466 e. The van der Waals surface area contributed by atoms with Crippen LogP contribution in [0, 0.1) is 5.95 Å². The van der Waals surface area contributed by atoms with Crippen molar-refractivity contribution in [2.75, 3.05) is 6.61 Å². The van der Waals surface area contributed by atoms with Crippen molar-refractivity contribution >= 4 is 12.3 Å². The first-order chi connectivity index (χ1) is 8.01. The third-order valence-corrected chi connectivity index (χ3v) is 2.46. The second kappa shape index (κ2) is 5.52. The van der Waals surface area contributed by atoms with Crippen LogP contribution in [0.5, 0.6) is 0 Å². The number of carbonyl (C=O) groups excluding carboxylic acids is 2. The molecule has 0 aliphatic heterocycles. The molecule has 5 heteroatoms. The van der Waals surface area contributed by atoms with Crippen LogP contribution >= 0.6 is 0 Å². The molecule has 0 bridgehead atoms. The highest BCUT2D eigenvalue weighted by Crippen LogP contribution is 2.25. The summed E-state index contributed by atoms with van der Waals surface area (Å²) < 4.78 is 17.8. The molecule has 92 valence electrons. The van der Waals surface area contributed by atoms with Crippen molar-refractivity contribution in [2.45, 2.75) is 25.7 Å². The number of aldehydes is 1. The number of hydrogen-bond acceptors (Lipinski definition) is 4. The third kappa shape index (κ3) is 3.34. The Morgan fingerprint density at radius 2 is 2.35 bits per heavy atom. The van der Waals surface area contributed by atoms with E-state index >= 15 is 0 Å². The average Bonchev–Trinajstić information content (AvgIpc) is 2.29. The highest BCUT2D eigenvalue weighted by atomic mass is 19.1. The first-order valence-electron chi connectivity index (χ1n) is 5.26. The molecule has 4 nitrogen and oxygen atoms in total. The van der Waals surface area contributed by atoms with E-state index in [1.54, 1.807) is 13.8 Å². The zero-order valence-electron chi connectivity index (χ0n) is 9.77. The fourth-order valence-electron chi connectivity index (χ4n) is 1.48. The summed E-state index contributed by atoms with van der Waals surface area (Å²) in [6.07, 6.45) is 1.77. The van der Waals surface area contributed by atoms with Gasteiger partial charge < -0.3 is 9.53 Å². The Hall–Kier alpha value is -1.78. The fourth-order valence-corrected chi connectivity index (χ4v) is 1.48. The maximum Gasteiger partial charge on any atom is 0.307 e. The van der Waals surface area contributed by atoms with Gasteiger partial charge in [-0.3, -0.25) is 4.79 Å². The number of hydrogen-bond donors (Lipinski definition) is 0. The van der Waals surface area contributed by atoms with Crippen molar-refractivity contribution in [3.8, 4) is 0 Å². The summed E-state index contributed by atoms with van der Waals surface area (Å²) in [5.74, 6) is -1.17. The number of pyridine rings is 1. The summed E-state index contributed by atoms with van der Waals surface area (Å²) in [7, 11) is 0. The van der Waals surface area contributed by atoms with Gasteiger partial charge in [-0.15, -0.1) is 0 Å². The fraction of sp³-hybridized carbons (Fsp3) is 0.417. The predicted molar refractivity (Wildman–Crippen MR) is 58.9 cm³/mol. The maximum atomic E-state index is 13.0. The van der Waals surface area contributed by atoms with Crippen LogP contribution in [0.3, 0.4) is 0 Å². The number of aromatic nitrogens is 1. The molecule has 1 unspecified atom stereocenters. The topological polar surface area (TPSA) is 56.3 Å². The van der Waals surface area contributed by atoms with E-state index in [9.17, 15) is 14.0 Å². The number of ether oxygens (including phenoxy) is 1. The van der Waals surface area contributed by atoms with Crippen LogP contribution in [0.1, 0.15) is 25.8 Å². The summed E-state index contributed by atoms with van der Waals surface area (Å²) in [6, 6.07) is 2.66. The summed E-state index contributed by atoms with van der Waals surface area (Å²) in [5.41, 5.74) is -0.677. The van der Waals surface area contributed by atoms with Gasteiger partial charge in [0.1, 0.15) is 6.29 Å². The zero-order chi connectivity index (χ0) is 12.9. The standard InChI is InChI=1S/C12H14FNO3/c1-3-17-11(16)7-12(2,8-15)9-4-5-14-10(13)6-9/h4-6,8H,3,7H2,1-2H3. The monoisotopic (exact) mass is 239 g/mol. The van der Waals surface area contributed by atoms with Crippen LogP contribution in [0.15, 0.2) is 18.3 Å². The molecule has 1 aromatic rings. The lowest BCUT2D eigenvalue weighted by molar-refractivity contribution is -0.145. The van der Waals surface area contributed by atoms with E-state index in [1.165, 1.54) is 12.3 Å². The molecule has 17 heavy (non-hydrogen) atoms. The molecule has 0 saturated carbocycles. The highest BCUT2D eigenvalue weighted by molar-refractivity contribution is 5.80. The van der Waals surface area contributed by atoms with Gasteiger partial charge in [0.25, 0.3) is 0 Å². The molecule has 0 amide bonds. The number of nitrogens with zero attached hydrogens (tertiary/aromatic N) is 1. The molecule has 0 aliphatic carbocycles. The molecule has 0 fully saturated rings. The first-order valence-corrected chi connectivity index (χ1v) is 5.26. The molecule has 1 aromatic heterocycles. The number of carbonyl (C=O) groups is 2. The summed E-state index contributed by atoms with van der Waals surface area (Å²) >= 11 is 0. The highest BCUT2D eigenvalue weighted by Gasteiger charge is 2.30. The summed E-state index contributed by atoms with van der Waals surface area (Å²) in [5, 5.41) is 0. The van der Waals surface area contributed by atoms with Gasteiger partial charge in [-0.05, 0) is 31.5 Å². The average molecular weight is 239 g/mol. The van der Waals surface area contributed by atoms with Crippen LogP contribution in [-0.2, 0) is 19.7 Å². The van der Waals surface area contributed by atoms with E-state index in [0.29, 0.717) is 11.8 Å². The lowest BCUT2D eigenvalue weighted by Crippen LogP contribution is -2.28. The van der Waals surface area contributed by atoms with E-state index in [0.717, 1.165) is 6.07 Å². The molecule has 0 N–H and O–H groups in total.